The van der Waals surface area contributed by atoms with Crippen molar-refractivity contribution in [1.29, 1.82) is 0 Å². The van der Waals surface area contributed by atoms with Crippen molar-refractivity contribution in [3.63, 3.8) is 0 Å². The van der Waals surface area contributed by atoms with Crippen molar-refractivity contribution in [2.24, 2.45) is 0 Å². The van der Waals surface area contributed by atoms with E-state index in [1.807, 2.05) is 5.38 Å². The monoisotopic (exact) mass is 613 g/mol. The number of carbonyl (C=O) groups is 1. The van der Waals surface area contributed by atoms with E-state index in [0.29, 0.717) is 61.0 Å². The van der Waals surface area contributed by atoms with E-state index < -0.39 is 46.8 Å². The van der Waals surface area contributed by atoms with Crippen LogP contribution in [0.25, 0.3) is 5.57 Å². The summed E-state index contributed by atoms with van der Waals surface area (Å²) in [5, 5.41) is 9.39. The van der Waals surface area contributed by atoms with Crippen LogP contribution in [-0.4, -0.2) is 59.4 Å². The summed E-state index contributed by atoms with van der Waals surface area (Å²) in [7, 11) is -3.89. The zero-order valence-corrected chi connectivity index (χ0v) is 23.3. The molecule has 2 aliphatic rings. The summed E-state index contributed by atoms with van der Waals surface area (Å²) < 4.78 is 83.6. The highest BCUT2D eigenvalue weighted by Crippen LogP contribution is 2.34. The number of likely N-dealkylation sites (tertiary alicyclic amines) is 1. The number of carbonyl (C=O) groups excluding carboxylic acids is 1. The van der Waals surface area contributed by atoms with E-state index >= 15 is 0 Å². The standard InChI is InChI=1S/C26H27F4N5O4S2/c27-24(28)19-12-22(25(29)30)35(33-19)13-23(36)34-10-7-16(8-11-34)26-32-20(14-40-26)18-6-9-31-21(18)15-41(37,38)39-17-4-2-1-3-5-17/h1-5,12,14,16,24-25,31H,6-11,13,15H2. The molecule has 1 aromatic carbocycles. The number of benzene rings is 1. The van der Waals surface area contributed by atoms with Crippen molar-refractivity contribution in [3.8, 4) is 5.75 Å². The molecule has 0 saturated carbocycles. The van der Waals surface area contributed by atoms with Gasteiger partial charge in [-0.05, 0) is 37.5 Å². The first-order valence-corrected chi connectivity index (χ1v) is 15.4. The summed E-state index contributed by atoms with van der Waals surface area (Å²) in [6.07, 6.45) is -4.25. The maximum atomic E-state index is 13.3. The van der Waals surface area contributed by atoms with E-state index in [9.17, 15) is 30.8 Å². The van der Waals surface area contributed by atoms with Gasteiger partial charge in [0.1, 0.15) is 29.4 Å². The van der Waals surface area contributed by atoms with Gasteiger partial charge in [0.25, 0.3) is 12.9 Å². The van der Waals surface area contributed by atoms with Gasteiger partial charge in [-0.1, -0.05) is 18.2 Å². The van der Waals surface area contributed by atoms with Gasteiger partial charge in [-0.25, -0.2) is 22.5 Å². The minimum Gasteiger partial charge on any atom is -0.387 e. The van der Waals surface area contributed by atoms with Crippen LogP contribution in [0.3, 0.4) is 0 Å². The number of hydrogen-bond donors (Lipinski definition) is 1. The van der Waals surface area contributed by atoms with Crippen molar-refractivity contribution in [1.82, 2.24) is 25.0 Å². The summed E-state index contributed by atoms with van der Waals surface area (Å²) in [5.41, 5.74) is 0.566. The lowest BCUT2D eigenvalue weighted by Crippen LogP contribution is -2.40. The van der Waals surface area contributed by atoms with Crippen LogP contribution in [0.1, 0.15) is 60.1 Å². The van der Waals surface area contributed by atoms with E-state index in [0.717, 1.165) is 10.6 Å². The molecule has 1 N–H and O–H groups in total. The molecule has 2 aromatic heterocycles. The lowest BCUT2D eigenvalue weighted by molar-refractivity contribution is -0.133. The van der Waals surface area contributed by atoms with Gasteiger partial charge in [-0.3, -0.25) is 9.48 Å². The van der Waals surface area contributed by atoms with Gasteiger partial charge in [0.2, 0.25) is 5.91 Å². The number of aromatic nitrogens is 3. The number of para-hydroxylation sites is 1. The average molecular weight is 614 g/mol. The summed E-state index contributed by atoms with van der Waals surface area (Å²) >= 11 is 1.46. The number of halogens is 4. The smallest absolute Gasteiger partial charge is 0.314 e. The highest BCUT2D eigenvalue weighted by atomic mass is 32.2. The third kappa shape index (κ3) is 6.89. The zero-order chi connectivity index (χ0) is 29.1. The molecule has 2 aliphatic heterocycles. The molecule has 0 bridgehead atoms. The van der Waals surface area contributed by atoms with Crippen LogP contribution in [0.5, 0.6) is 5.75 Å². The molecular formula is C26H27F4N5O4S2. The first-order valence-electron chi connectivity index (χ1n) is 12.9. The molecule has 41 heavy (non-hydrogen) atoms. The Morgan fingerprint density at radius 3 is 2.54 bits per heavy atom. The molecule has 0 spiro atoms. The molecule has 0 aliphatic carbocycles. The van der Waals surface area contributed by atoms with Crippen molar-refractivity contribution in [2.75, 3.05) is 25.4 Å². The van der Waals surface area contributed by atoms with Gasteiger partial charge < -0.3 is 14.4 Å². The summed E-state index contributed by atoms with van der Waals surface area (Å²) in [4.78, 5) is 19.1. The van der Waals surface area contributed by atoms with E-state index in [4.69, 9.17) is 9.17 Å². The topological polar surface area (TPSA) is 106 Å². The van der Waals surface area contributed by atoms with Crippen LogP contribution >= 0.6 is 11.3 Å². The first kappa shape index (κ1) is 29.0. The third-order valence-corrected chi connectivity index (χ3v) is 9.05. The molecule has 0 atom stereocenters. The number of nitrogens with one attached hydrogen (secondary N) is 1. The third-order valence-electron chi connectivity index (χ3n) is 6.96. The molecule has 0 radical (unpaired) electrons. The van der Waals surface area contributed by atoms with Crippen LogP contribution in [0.2, 0.25) is 0 Å². The van der Waals surface area contributed by atoms with E-state index in [2.05, 4.69) is 10.4 Å². The lowest BCUT2D eigenvalue weighted by Gasteiger charge is -2.31. The molecule has 1 saturated heterocycles. The molecule has 9 nitrogen and oxygen atoms in total. The number of hydrogen-bond acceptors (Lipinski definition) is 8. The fourth-order valence-corrected chi connectivity index (χ4v) is 7.02. The molecule has 5 rings (SSSR count). The average Bonchev–Trinajstić information content (AvgIpc) is 3.69. The Bertz CT molecular complexity index is 1520. The van der Waals surface area contributed by atoms with Gasteiger partial charge in [0.05, 0.1) is 10.7 Å². The van der Waals surface area contributed by atoms with Crippen LogP contribution in [0, 0.1) is 0 Å². The predicted molar refractivity (Wildman–Crippen MR) is 143 cm³/mol. The normalized spacial score (nSPS) is 16.6. The Morgan fingerprint density at radius 1 is 1.12 bits per heavy atom. The number of piperidine rings is 1. The Labute approximate surface area is 238 Å². The van der Waals surface area contributed by atoms with Gasteiger partial charge in [0.15, 0.2) is 0 Å². The second kappa shape index (κ2) is 12.2. The maximum absolute atomic E-state index is 13.3. The molecule has 3 aromatic rings. The maximum Gasteiger partial charge on any atom is 0.314 e. The Kier molecular flexibility index (Phi) is 8.63. The summed E-state index contributed by atoms with van der Waals surface area (Å²) in [5.74, 6) is -0.481. The minimum absolute atomic E-state index is 0.0631. The predicted octanol–water partition coefficient (Wildman–Crippen LogP) is 4.73. The molecule has 4 heterocycles. The lowest BCUT2D eigenvalue weighted by atomic mass is 9.97. The molecule has 1 amide bonds. The van der Waals surface area contributed by atoms with Crippen molar-refractivity contribution >= 4 is 32.9 Å². The second-order valence-electron chi connectivity index (χ2n) is 9.71. The van der Waals surface area contributed by atoms with Crippen LogP contribution in [0.15, 0.2) is 47.5 Å². The number of rotatable bonds is 10. The summed E-state index contributed by atoms with van der Waals surface area (Å²) in [6, 6.07) is 8.91. The largest absolute Gasteiger partial charge is 0.387 e. The van der Waals surface area contributed by atoms with Crippen LogP contribution < -0.4 is 9.50 Å². The Balaban J connectivity index is 1.20. The summed E-state index contributed by atoms with van der Waals surface area (Å²) in [6.45, 7) is 0.756. The number of nitrogens with zero attached hydrogens (tertiary/aromatic N) is 4. The quantitative estimate of drug-likeness (QED) is 0.260. The molecular weight excluding hydrogens is 586 g/mol. The second-order valence-corrected chi connectivity index (χ2v) is 12.2. The number of thiazole rings is 1. The van der Waals surface area contributed by atoms with Crippen molar-refractivity contribution in [2.45, 2.75) is 44.6 Å². The number of amides is 1. The first-order chi connectivity index (χ1) is 19.6. The van der Waals surface area contributed by atoms with Crippen molar-refractivity contribution in [3.05, 3.63) is 69.6 Å². The van der Waals surface area contributed by atoms with Crippen LogP contribution in [-0.2, 0) is 21.5 Å². The fourth-order valence-electron chi connectivity index (χ4n) is 4.92. The Hall–Kier alpha value is -3.46. The molecule has 15 heteroatoms. The SMILES string of the molecule is O=C(Cn1nc(C(F)F)cc1C(F)F)N1CCC(c2nc(C3=C(CS(=O)(=O)Oc4ccccc4)NCC3)cs2)CC1. The van der Waals surface area contributed by atoms with Gasteiger partial charge in [0, 0.05) is 42.2 Å². The molecule has 0 unspecified atom stereocenters. The van der Waals surface area contributed by atoms with Gasteiger partial charge >= 0.3 is 10.1 Å². The molecule has 220 valence electrons. The van der Waals surface area contributed by atoms with E-state index in [-0.39, 0.29) is 17.4 Å². The van der Waals surface area contributed by atoms with Crippen LogP contribution in [0.4, 0.5) is 17.6 Å². The highest BCUT2D eigenvalue weighted by Gasteiger charge is 2.30. The molecule has 1 fully saturated rings. The van der Waals surface area contributed by atoms with Crippen molar-refractivity contribution < 1.29 is 35.0 Å². The van der Waals surface area contributed by atoms with E-state index in [1.54, 1.807) is 30.3 Å². The fraction of sp³-hybridized carbons (Fsp3) is 0.423. The zero-order valence-electron chi connectivity index (χ0n) is 21.7. The minimum atomic E-state index is -3.89. The Morgan fingerprint density at radius 2 is 1.85 bits per heavy atom. The number of alkyl halides is 4. The van der Waals surface area contributed by atoms with Gasteiger partial charge in [-0.2, -0.15) is 13.5 Å². The highest BCUT2D eigenvalue weighted by molar-refractivity contribution is 7.87. The van der Waals surface area contributed by atoms with E-state index in [1.165, 1.54) is 16.2 Å². The van der Waals surface area contributed by atoms with Gasteiger partial charge in [-0.15, -0.1) is 11.3 Å².